The van der Waals surface area contributed by atoms with Gasteiger partial charge in [-0.3, -0.25) is 0 Å². The van der Waals surface area contributed by atoms with Crippen LogP contribution in [0.1, 0.15) is 31.9 Å². The Morgan fingerprint density at radius 2 is 2.05 bits per heavy atom. The van der Waals surface area contributed by atoms with Crippen molar-refractivity contribution in [2.75, 3.05) is 6.54 Å². The average molecular weight is 371 g/mol. The van der Waals surface area contributed by atoms with Crippen LogP contribution in [0.5, 0.6) is 0 Å². The zero-order valence-corrected chi connectivity index (χ0v) is 14.4. The summed E-state index contributed by atoms with van der Waals surface area (Å²) < 4.78 is 14.9. The first kappa shape index (κ1) is 16.5. The highest BCUT2D eigenvalue weighted by Crippen LogP contribution is 2.33. The summed E-state index contributed by atoms with van der Waals surface area (Å²) in [6.07, 6.45) is 1.08. The largest absolute Gasteiger partial charge is 0.310 e. The summed E-state index contributed by atoms with van der Waals surface area (Å²) in [6, 6.07) is 11.7. The number of hydrogen-bond donors (Lipinski definition) is 1. The molecule has 0 aliphatic carbocycles. The molecular weight excluding hydrogens is 353 g/mol. The van der Waals surface area contributed by atoms with E-state index < -0.39 is 5.82 Å². The summed E-state index contributed by atoms with van der Waals surface area (Å²) in [5, 5.41) is 3.56. The van der Waals surface area contributed by atoms with Gasteiger partial charge in [0.25, 0.3) is 0 Å². The van der Waals surface area contributed by atoms with Crippen molar-refractivity contribution in [2.24, 2.45) is 0 Å². The van der Waals surface area contributed by atoms with Gasteiger partial charge in [-0.05, 0) is 59.1 Å². The van der Waals surface area contributed by atoms with E-state index in [1.807, 2.05) is 18.2 Å². The second-order valence-electron chi connectivity index (χ2n) is 5.02. The lowest BCUT2D eigenvalue weighted by Crippen LogP contribution is -2.19. The Morgan fingerprint density at radius 1 is 1.29 bits per heavy atom. The van der Waals surface area contributed by atoms with Gasteiger partial charge < -0.3 is 5.32 Å². The third-order valence-corrected chi connectivity index (χ3v) is 4.69. The van der Waals surface area contributed by atoms with E-state index in [1.54, 1.807) is 12.1 Å². The third-order valence-electron chi connectivity index (χ3n) is 3.43. The lowest BCUT2D eigenvalue weighted by molar-refractivity contribution is 0.571. The van der Waals surface area contributed by atoms with Gasteiger partial charge >= 0.3 is 0 Å². The van der Waals surface area contributed by atoms with E-state index in [0.29, 0.717) is 10.0 Å². The molecule has 0 heterocycles. The Hall–Kier alpha value is -0.900. The molecule has 21 heavy (non-hydrogen) atoms. The molecule has 2 aromatic carbocycles. The van der Waals surface area contributed by atoms with Crippen LogP contribution < -0.4 is 5.32 Å². The highest BCUT2D eigenvalue weighted by atomic mass is 79.9. The van der Waals surface area contributed by atoms with Crippen LogP contribution in [-0.2, 0) is 0 Å². The van der Waals surface area contributed by atoms with Gasteiger partial charge in [-0.25, -0.2) is 4.39 Å². The highest BCUT2D eigenvalue weighted by Gasteiger charge is 2.13. The molecule has 0 saturated heterocycles. The topological polar surface area (TPSA) is 12.0 Å². The van der Waals surface area contributed by atoms with Crippen molar-refractivity contribution >= 4 is 27.5 Å². The van der Waals surface area contributed by atoms with Crippen LogP contribution in [0.25, 0.3) is 11.1 Å². The summed E-state index contributed by atoms with van der Waals surface area (Å²) in [4.78, 5) is 0. The number of rotatable bonds is 5. The summed E-state index contributed by atoms with van der Waals surface area (Å²) in [7, 11) is 0. The molecule has 2 aromatic rings. The van der Waals surface area contributed by atoms with Crippen molar-refractivity contribution in [1.82, 2.24) is 5.32 Å². The van der Waals surface area contributed by atoms with Gasteiger partial charge in [-0.2, -0.15) is 0 Å². The lowest BCUT2D eigenvalue weighted by atomic mass is 9.99. The van der Waals surface area contributed by atoms with Crippen LogP contribution >= 0.6 is 27.5 Å². The van der Waals surface area contributed by atoms with E-state index in [9.17, 15) is 4.39 Å². The second kappa shape index (κ2) is 7.39. The molecule has 0 aromatic heterocycles. The Kier molecular flexibility index (Phi) is 5.80. The van der Waals surface area contributed by atoms with E-state index in [4.69, 9.17) is 11.6 Å². The van der Waals surface area contributed by atoms with Gasteiger partial charge in [0.15, 0.2) is 5.82 Å². The Morgan fingerprint density at radius 3 is 2.76 bits per heavy atom. The normalized spacial score (nSPS) is 12.4. The van der Waals surface area contributed by atoms with E-state index >= 15 is 0 Å². The van der Waals surface area contributed by atoms with E-state index in [0.717, 1.165) is 24.1 Å². The van der Waals surface area contributed by atoms with Gasteiger partial charge in [0.1, 0.15) is 0 Å². The van der Waals surface area contributed by atoms with Crippen LogP contribution in [0.15, 0.2) is 40.9 Å². The lowest BCUT2D eigenvalue weighted by Gasteiger charge is -2.15. The molecule has 0 fully saturated rings. The molecule has 1 atom stereocenters. The summed E-state index contributed by atoms with van der Waals surface area (Å²) >= 11 is 9.21. The molecular formula is C17H18BrClFN. The monoisotopic (exact) mass is 369 g/mol. The molecule has 0 radical (unpaired) electrons. The van der Waals surface area contributed by atoms with Crippen LogP contribution in [0.2, 0.25) is 5.02 Å². The maximum atomic E-state index is 14.3. The second-order valence-corrected chi connectivity index (χ2v) is 6.26. The van der Waals surface area contributed by atoms with Crippen molar-refractivity contribution in [3.63, 3.8) is 0 Å². The number of halogens is 3. The van der Waals surface area contributed by atoms with E-state index in [2.05, 4.69) is 41.2 Å². The number of hydrogen-bond acceptors (Lipinski definition) is 1. The minimum atomic E-state index is -0.391. The van der Waals surface area contributed by atoms with Gasteiger partial charge in [0.05, 0.1) is 5.02 Å². The quantitative estimate of drug-likeness (QED) is 0.639. The van der Waals surface area contributed by atoms with E-state index in [1.165, 1.54) is 0 Å². The first-order valence-electron chi connectivity index (χ1n) is 7.01. The van der Waals surface area contributed by atoms with Crippen molar-refractivity contribution in [3.8, 4) is 11.1 Å². The first-order valence-corrected chi connectivity index (χ1v) is 8.19. The van der Waals surface area contributed by atoms with Crippen LogP contribution in [0.4, 0.5) is 4.39 Å². The molecule has 1 unspecified atom stereocenters. The van der Waals surface area contributed by atoms with Crippen LogP contribution in [-0.4, -0.2) is 6.54 Å². The third kappa shape index (κ3) is 3.85. The fourth-order valence-electron chi connectivity index (χ4n) is 2.20. The minimum Gasteiger partial charge on any atom is -0.310 e. The Labute approximate surface area is 138 Å². The van der Waals surface area contributed by atoms with Crippen molar-refractivity contribution in [3.05, 3.63) is 57.3 Å². The molecule has 1 N–H and O–H groups in total. The van der Waals surface area contributed by atoms with Crippen LogP contribution in [0, 0.1) is 5.82 Å². The van der Waals surface area contributed by atoms with Crippen molar-refractivity contribution in [1.29, 1.82) is 0 Å². The van der Waals surface area contributed by atoms with Crippen molar-refractivity contribution < 1.29 is 4.39 Å². The van der Waals surface area contributed by atoms with Crippen LogP contribution in [0.3, 0.4) is 0 Å². The maximum Gasteiger partial charge on any atom is 0.150 e. The average Bonchev–Trinajstić information content (AvgIpc) is 2.50. The summed E-state index contributed by atoms with van der Waals surface area (Å²) in [6.45, 7) is 5.21. The molecule has 0 aliphatic rings. The predicted molar refractivity (Wildman–Crippen MR) is 91.3 cm³/mol. The van der Waals surface area contributed by atoms with Gasteiger partial charge in [-0.1, -0.05) is 42.8 Å². The maximum absolute atomic E-state index is 14.3. The molecule has 0 saturated carbocycles. The SMILES string of the molecule is CCCNC(C)c1cccc(-c2ccc(Br)c(Cl)c2F)c1. The molecule has 0 aliphatic heterocycles. The number of benzene rings is 2. The summed E-state index contributed by atoms with van der Waals surface area (Å²) in [5.41, 5.74) is 2.50. The standard InChI is InChI=1S/C17H18BrClFN/c1-3-9-21-11(2)12-5-4-6-13(10-12)14-7-8-15(18)16(19)17(14)20/h4-8,10-11,21H,3,9H2,1-2H3. The zero-order valence-electron chi connectivity index (χ0n) is 12.1. The molecule has 4 heteroatoms. The zero-order chi connectivity index (χ0) is 15.4. The minimum absolute atomic E-state index is 0.120. The molecule has 0 spiro atoms. The molecule has 112 valence electrons. The fraction of sp³-hybridized carbons (Fsp3) is 0.294. The van der Waals surface area contributed by atoms with E-state index in [-0.39, 0.29) is 11.1 Å². The smallest absolute Gasteiger partial charge is 0.150 e. The molecule has 0 bridgehead atoms. The summed E-state index contributed by atoms with van der Waals surface area (Å²) in [5.74, 6) is -0.391. The fourth-order valence-corrected chi connectivity index (χ4v) is 2.67. The van der Waals surface area contributed by atoms with Gasteiger partial charge in [0, 0.05) is 16.1 Å². The Balaban J connectivity index is 2.35. The Bertz CT molecular complexity index is 630. The first-order chi connectivity index (χ1) is 10.0. The van der Waals surface area contributed by atoms with Gasteiger partial charge in [-0.15, -0.1) is 0 Å². The molecule has 1 nitrogen and oxygen atoms in total. The predicted octanol–water partition coefficient (Wildman–Crippen LogP) is 5.97. The van der Waals surface area contributed by atoms with Crippen molar-refractivity contribution in [2.45, 2.75) is 26.3 Å². The van der Waals surface area contributed by atoms with Gasteiger partial charge in [0.2, 0.25) is 0 Å². The highest BCUT2D eigenvalue weighted by molar-refractivity contribution is 9.10. The number of nitrogens with one attached hydrogen (secondary N) is 1. The molecule has 0 amide bonds. The molecule has 2 rings (SSSR count).